The van der Waals surface area contributed by atoms with Crippen molar-refractivity contribution in [1.29, 1.82) is 0 Å². The van der Waals surface area contributed by atoms with Crippen LogP contribution in [0.2, 0.25) is 0 Å². The number of nitrogens with one attached hydrogen (secondary N) is 3. The molecule has 8 heteroatoms. The Balaban J connectivity index is 1.45. The molecule has 4 N–H and O–H groups in total. The normalized spacial score (nSPS) is 10.9. The fourth-order valence-electron chi connectivity index (χ4n) is 3.77. The van der Waals surface area contributed by atoms with E-state index in [-0.39, 0.29) is 22.9 Å². The van der Waals surface area contributed by atoms with Crippen molar-refractivity contribution < 1.29 is 19.1 Å². The van der Waals surface area contributed by atoms with Gasteiger partial charge in [-0.15, -0.1) is 0 Å². The van der Waals surface area contributed by atoms with Crippen LogP contribution in [0.3, 0.4) is 0 Å². The number of hydrogen-bond acceptors (Lipinski definition) is 5. The molecule has 5 rings (SSSR count). The average Bonchev–Trinajstić information content (AvgIpc) is 3.46. The number of aromatic amines is 1. The summed E-state index contributed by atoms with van der Waals surface area (Å²) in [7, 11) is 0. The molecule has 2 heterocycles. The first-order valence-corrected chi connectivity index (χ1v) is 11.0. The summed E-state index contributed by atoms with van der Waals surface area (Å²) in [6.45, 7) is 3.83. The Labute approximate surface area is 200 Å². The molecule has 2 aromatic heterocycles. The molecule has 0 aliphatic carbocycles. The molecule has 174 valence electrons. The number of aromatic nitrogens is 2. The van der Waals surface area contributed by atoms with Crippen molar-refractivity contribution in [2.45, 2.75) is 13.8 Å². The van der Waals surface area contributed by atoms with E-state index in [4.69, 9.17) is 4.42 Å². The third kappa shape index (κ3) is 4.37. The number of fused-ring (bicyclic) bond motifs is 1. The van der Waals surface area contributed by atoms with Crippen LogP contribution in [-0.2, 0) is 0 Å². The number of aromatic hydroxyl groups is 1. The van der Waals surface area contributed by atoms with Crippen molar-refractivity contribution in [2.24, 2.45) is 0 Å². The van der Waals surface area contributed by atoms with E-state index in [1.165, 1.54) is 6.07 Å². The van der Waals surface area contributed by atoms with Crippen molar-refractivity contribution in [3.05, 3.63) is 95.4 Å². The molecule has 5 aromatic rings. The smallest absolute Gasteiger partial charge is 0.293 e. The zero-order valence-electron chi connectivity index (χ0n) is 19.0. The van der Waals surface area contributed by atoms with Crippen LogP contribution >= 0.6 is 0 Å². The molecule has 8 nitrogen and oxygen atoms in total. The molecule has 0 unspecified atom stereocenters. The lowest BCUT2D eigenvalue weighted by Crippen LogP contribution is -2.17. The highest BCUT2D eigenvalue weighted by molar-refractivity contribution is 6.16. The van der Waals surface area contributed by atoms with Crippen LogP contribution in [0.1, 0.15) is 32.2 Å². The number of H-pyrrole nitrogens is 1. The molecule has 0 fully saturated rings. The monoisotopic (exact) mass is 466 g/mol. The largest absolute Gasteiger partial charge is 0.507 e. The number of phenols is 1. The molecule has 0 radical (unpaired) electrons. The number of furan rings is 1. The topological polar surface area (TPSA) is 120 Å². The summed E-state index contributed by atoms with van der Waals surface area (Å²) >= 11 is 0. The number of para-hydroxylation sites is 1. The number of anilines is 2. The number of amides is 2. The zero-order valence-corrected chi connectivity index (χ0v) is 19.0. The molecule has 0 atom stereocenters. The minimum Gasteiger partial charge on any atom is -0.507 e. The molecular formula is C27H22N4O4. The summed E-state index contributed by atoms with van der Waals surface area (Å²) in [6, 6.07) is 21.2. The van der Waals surface area contributed by atoms with Crippen molar-refractivity contribution >= 4 is 34.2 Å². The lowest BCUT2D eigenvalue weighted by Gasteiger charge is -2.07. The summed E-state index contributed by atoms with van der Waals surface area (Å²) < 4.78 is 5.81. The van der Waals surface area contributed by atoms with Gasteiger partial charge in [-0.1, -0.05) is 35.9 Å². The Hall–Kier alpha value is -4.85. The van der Waals surface area contributed by atoms with Crippen LogP contribution in [0.25, 0.3) is 22.2 Å². The van der Waals surface area contributed by atoms with Gasteiger partial charge in [0, 0.05) is 16.6 Å². The second-order valence-corrected chi connectivity index (χ2v) is 8.26. The van der Waals surface area contributed by atoms with Crippen molar-refractivity contribution in [3.8, 4) is 17.0 Å². The number of benzene rings is 3. The maximum atomic E-state index is 13.1. The first-order chi connectivity index (χ1) is 16.9. The summed E-state index contributed by atoms with van der Waals surface area (Å²) in [5.74, 6) is -0.947. The van der Waals surface area contributed by atoms with Gasteiger partial charge >= 0.3 is 0 Å². The summed E-state index contributed by atoms with van der Waals surface area (Å²) in [4.78, 5) is 26.1. The van der Waals surface area contributed by atoms with Crippen LogP contribution in [0, 0.1) is 13.8 Å². The molecule has 35 heavy (non-hydrogen) atoms. The number of hydrogen-bond donors (Lipinski definition) is 4. The SMILES string of the molecule is Cc1ccc(NC(=O)c2oc3ccccc3c2NC(=O)c2cc(-c3ccc(C)cc3O)n[nH]2)cc1. The Morgan fingerprint density at radius 2 is 1.63 bits per heavy atom. The number of rotatable bonds is 5. The van der Waals surface area contributed by atoms with Crippen LogP contribution in [-0.4, -0.2) is 27.1 Å². The van der Waals surface area contributed by atoms with Gasteiger partial charge < -0.3 is 20.2 Å². The maximum Gasteiger partial charge on any atom is 0.293 e. The van der Waals surface area contributed by atoms with E-state index in [1.54, 1.807) is 48.5 Å². The molecular weight excluding hydrogens is 444 g/mol. The summed E-state index contributed by atoms with van der Waals surface area (Å²) in [5, 5.41) is 23.3. The Morgan fingerprint density at radius 3 is 2.40 bits per heavy atom. The molecule has 0 saturated carbocycles. The lowest BCUT2D eigenvalue weighted by atomic mass is 10.1. The van der Waals surface area contributed by atoms with Crippen LogP contribution in [0.15, 0.2) is 77.2 Å². The van der Waals surface area contributed by atoms with E-state index in [2.05, 4.69) is 20.8 Å². The number of phenolic OH excluding ortho intramolecular Hbond substituents is 1. The van der Waals surface area contributed by atoms with Gasteiger partial charge in [-0.3, -0.25) is 14.7 Å². The number of aryl methyl sites for hydroxylation is 2. The van der Waals surface area contributed by atoms with Gasteiger partial charge in [-0.2, -0.15) is 5.10 Å². The van der Waals surface area contributed by atoms with E-state index in [0.29, 0.717) is 27.9 Å². The van der Waals surface area contributed by atoms with Gasteiger partial charge in [0.25, 0.3) is 11.8 Å². The number of carbonyl (C=O) groups is 2. The van der Waals surface area contributed by atoms with Crippen molar-refractivity contribution in [3.63, 3.8) is 0 Å². The van der Waals surface area contributed by atoms with E-state index >= 15 is 0 Å². The van der Waals surface area contributed by atoms with Gasteiger partial charge in [0.1, 0.15) is 22.7 Å². The number of carbonyl (C=O) groups excluding carboxylic acids is 2. The molecule has 0 aliphatic heterocycles. The van der Waals surface area contributed by atoms with E-state index in [0.717, 1.165) is 11.1 Å². The first-order valence-electron chi connectivity index (χ1n) is 11.0. The van der Waals surface area contributed by atoms with Crippen LogP contribution < -0.4 is 10.6 Å². The predicted octanol–water partition coefficient (Wildman–Crippen LogP) is 5.65. The second kappa shape index (κ2) is 8.83. The molecule has 0 saturated heterocycles. The van der Waals surface area contributed by atoms with Gasteiger partial charge in [-0.25, -0.2) is 0 Å². The van der Waals surface area contributed by atoms with Crippen LogP contribution in [0.4, 0.5) is 11.4 Å². The predicted molar refractivity (Wildman–Crippen MR) is 134 cm³/mol. The van der Waals surface area contributed by atoms with E-state index in [1.807, 2.05) is 32.0 Å². The molecule has 0 aliphatic rings. The van der Waals surface area contributed by atoms with Gasteiger partial charge in [0.2, 0.25) is 5.76 Å². The standard InChI is InChI=1S/C27H22N4O4/c1-15-7-10-17(11-8-15)28-27(34)25-24(19-5-3-4-6-23(19)35-25)29-26(33)21-14-20(30-31-21)18-12-9-16(2)13-22(18)32/h3-14,32H,1-2H3,(H,28,34)(H,29,33)(H,30,31). The molecule has 2 amide bonds. The second-order valence-electron chi connectivity index (χ2n) is 8.26. The van der Waals surface area contributed by atoms with Gasteiger partial charge in [-0.05, 0) is 61.9 Å². The fourth-order valence-corrected chi connectivity index (χ4v) is 3.77. The molecule has 0 spiro atoms. The Morgan fingerprint density at radius 1 is 0.886 bits per heavy atom. The first kappa shape index (κ1) is 22.0. The van der Waals surface area contributed by atoms with Crippen molar-refractivity contribution in [1.82, 2.24) is 10.2 Å². The van der Waals surface area contributed by atoms with E-state index < -0.39 is 11.8 Å². The minimum atomic E-state index is -0.508. The minimum absolute atomic E-state index is 0.0176. The van der Waals surface area contributed by atoms with Gasteiger partial charge in [0.15, 0.2) is 0 Å². The Kier molecular flexibility index (Phi) is 5.54. The third-order valence-electron chi connectivity index (χ3n) is 5.60. The Bertz CT molecular complexity index is 1560. The number of nitrogens with zero attached hydrogens (tertiary/aromatic N) is 1. The summed E-state index contributed by atoms with van der Waals surface area (Å²) in [6.07, 6.45) is 0. The summed E-state index contributed by atoms with van der Waals surface area (Å²) in [5.41, 5.74) is 4.38. The zero-order chi connectivity index (χ0) is 24.5. The van der Waals surface area contributed by atoms with Crippen molar-refractivity contribution in [2.75, 3.05) is 10.6 Å². The van der Waals surface area contributed by atoms with Crippen LogP contribution in [0.5, 0.6) is 5.75 Å². The average molecular weight is 466 g/mol. The highest BCUT2D eigenvalue weighted by Gasteiger charge is 2.24. The maximum absolute atomic E-state index is 13.1. The molecule has 0 bridgehead atoms. The highest BCUT2D eigenvalue weighted by Crippen LogP contribution is 2.33. The highest BCUT2D eigenvalue weighted by atomic mass is 16.3. The third-order valence-corrected chi connectivity index (χ3v) is 5.60. The lowest BCUT2D eigenvalue weighted by molar-refractivity contribution is 0.0999. The van der Waals surface area contributed by atoms with E-state index in [9.17, 15) is 14.7 Å². The molecule has 3 aromatic carbocycles. The fraction of sp³-hybridized carbons (Fsp3) is 0.0741. The quantitative estimate of drug-likeness (QED) is 0.267. The van der Waals surface area contributed by atoms with Gasteiger partial charge in [0.05, 0.1) is 5.69 Å².